The number of nitrogens with one attached hydrogen (secondary N) is 1. The number of rotatable bonds is 2. The molecular formula is C18H16ClN3O2. The molecule has 0 saturated carbocycles. The largest absolute Gasteiger partial charge is 0.325 e. The molecule has 122 valence electrons. The van der Waals surface area contributed by atoms with Gasteiger partial charge in [0.15, 0.2) is 0 Å². The lowest BCUT2D eigenvalue weighted by Crippen LogP contribution is -2.41. The van der Waals surface area contributed by atoms with Gasteiger partial charge >= 0.3 is 6.03 Å². The summed E-state index contributed by atoms with van der Waals surface area (Å²) in [4.78, 5) is 30.9. The highest BCUT2D eigenvalue weighted by Gasteiger charge is 2.55. The molecule has 6 heteroatoms. The second-order valence-corrected chi connectivity index (χ2v) is 6.63. The fourth-order valence-corrected chi connectivity index (χ4v) is 3.80. The number of fused-ring (bicyclic) bond motifs is 2. The van der Waals surface area contributed by atoms with Crippen LogP contribution in [0.2, 0.25) is 5.02 Å². The third-order valence-electron chi connectivity index (χ3n) is 4.89. The Bertz CT molecular complexity index is 867. The van der Waals surface area contributed by atoms with E-state index in [4.69, 9.17) is 11.6 Å². The van der Waals surface area contributed by atoms with Crippen molar-refractivity contribution in [2.75, 3.05) is 0 Å². The fraction of sp³-hybridized carbons (Fsp3) is 0.278. The summed E-state index contributed by atoms with van der Waals surface area (Å²) in [6, 6.07) is 9.15. The molecule has 24 heavy (non-hydrogen) atoms. The van der Waals surface area contributed by atoms with Crippen LogP contribution in [0.1, 0.15) is 28.8 Å². The first kappa shape index (κ1) is 15.1. The van der Waals surface area contributed by atoms with E-state index in [0.717, 1.165) is 23.1 Å². The standard InChI is InChI=1S/C18H16ClN3O2/c1-11-15(19)13(7-9-20-11)10-22-16(23)18(21-17(22)24)8-6-12-4-2-3-5-14(12)18/h2-5,7,9H,6,8,10H2,1H3,(H,21,24). The Morgan fingerprint density at radius 2 is 2.08 bits per heavy atom. The molecule has 5 nitrogen and oxygen atoms in total. The molecule has 1 aromatic heterocycles. The van der Waals surface area contributed by atoms with Crippen LogP contribution < -0.4 is 5.32 Å². The molecule has 1 aliphatic heterocycles. The van der Waals surface area contributed by atoms with Gasteiger partial charge < -0.3 is 5.32 Å². The van der Waals surface area contributed by atoms with Crippen molar-refractivity contribution in [3.63, 3.8) is 0 Å². The highest BCUT2D eigenvalue weighted by Crippen LogP contribution is 2.41. The van der Waals surface area contributed by atoms with Crippen molar-refractivity contribution in [3.8, 4) is 0 Å². The van der Waals surface area contributed by atoms with Gasteiger partial charge in [0.2, 0.25) is 0 Å². The summed E-state index contributed by atoms with van der Waals surface area (Å²) in [7, 11) is 0. The number of urea groups is 1. The molecule has 1 fully saturated rings. The van der Waals surface area contributed by atoms with Crippen molar-refractivity contribution in [1.82, 2.24) is 15.2 Å². The number of benzene rings is 1. The van der Waals surface area contributed by atoms with Crippen molar-refractivity contribution in [1.29, 1.82) is 0 Å². The van der Waals surface area contributed by atoms with E-state index in [1.807, 2.05) is 24.3 Å². The van der Waals surface area contributed by atoms with Crippen LogP contribution >= 0.6 is 11.6 Å². The van der Waals surface area contributed by atoms with Crippen molar-refractivity contribution in [2.45, 2.75) is 31.8 Å². The summed E-state index contributed by atoms with van der Waals surface area (Å²) in [5.74, 6) is -0.206. The van der Waals surface area contributed by atoms with Crippen LogP contribution in [-0.4, -0.2) is 21.8 Å². The summed E-state index contributed by atoms with van der Waals surface area (Å²) in [6.45, 7) is 1.95. The molecule has 3 amide bonds. The molecule has 0 radical (unpaired) electrons. The highest BCUT2D eigenvalue weighted by atomic mass is 35.5. The summed E-state index contributed by atoms with van der Waals surface area (Å²) < 4.78 is 0. The average molecular weight is 342 g/mol. The number of halogens is 1. The first-order chi connectivity index (χ1) is 11.5. The number of aryl methyl sites for hydroxylation is 2. The number of hydrogen-bond acceptors (Lipinski definition) is 3. The smallest absolute Gasteiger partial charge is 0.319 e. The topological polar surface area (TPSA) is 62.3 Å². The van der Waals surface area contributed by atoms with Gasteiger partial charge in [-0.3, -0.25) is 14.7 Å². The lowest BCUT2D eigenvalue weighted by molar-refractivity contribution is -0.132. The number of nitrogens with zero attached hydrogens (tertiary/aromatic N) is 2. The summed E-state index contributed by atoms with van der Waals surface area (Å²) in [6.07, 6.45) is 3.01. The number of aromatic nitrogens is 1. The maximum Gasteiger partial charge on any atom is 0.325 e. The van der Waals surface area contributed by atoms with Crippen molar-refractivity contribution >= 4 is 23.5 Å². The zero-order chi connectivity index (χ0) is 16.9. The molecule has 1 N–H and O–H groups in total. The third kappa shape index (κ3) is 2.04. The number of amides is 3. The Morgan fingerprint density at radius 3 is 2.92 bits per heavy atom. The monoisotopic (exact) mass is 341 g/mol. The molecular weight excluding hydrogens is 326 g/mol. The van der Waals surface area contributed by atoms with Crippen LogP contribution in [-0.2, 0) is 23.3 Å². The van der Waals surface area contributed by atoms with E-state index in [1.54, 1.807) is 19.2 Å². The Kier molecular flexibility index (Phi) is 3.35. The van der Waals surface area contributed by atoms with Crippen molar-refractivity contribution < 1.29 is 9.59 Å². The molecule has 4 rings (SSSR count). The Balaban J connectivity index is 1.69. The van der Waals surface area contributed by atoms with Crippen LogP contribution in [0.4, 0.5) is 4.79 Å². The first-order valence-electron chi connectivity index (χ1n) is 7.85. The van der Waals surface area contributed by atoms with Crippen molar-refractivity contribution in [2.24, 2.45) is 0 Å². The third-order valence-corrected chi connectivity index (χ3v) is 5.41. The van der Waals surface area contributed by atoms with E-state index in [0.29, 0.717) is 17.1 Å². The molecule has 1 atom stereocenters. The molecule has 1 unspecified atom stereocenters. The Morgan fingerprint density at radius 1 is 1.29 bits per heavy atom. The van der Waals surface area contributed by atoms with Crippen LogP contribution in [0.3, 0.4) is 0 Å². The van der Waals surface area contributed by atoms with Crippen molar-refractivity contribution in [3.05, 3.63) is 63.9 Å². The van der Waals surface area contributed by atoms with Gasteiger partial charge in [0, 0.05) is 6.20 Å². The lowest BCUT2D eigenvalue weighted by Gasteiger charge is -2.22. The van der Waals surface area contributed by atoms with E-state index in [9.17, 15) is 9.59 Å². The maximum absolute atomic E-state index is 13.1. The van der Waals surface area contributed by atoms with Gasteiger partial charge in [-0.25, -0.2) is 4.79 Å². The molecule has 1 saturated heterocycles. The summed E-state index contributed by atoms with van der Waals surface area (Å²) >= 11 is 6.27. The molecule has 1 spiro atoms. The SMILES string of the molecule is Cc1nccc(CN2C(=O)NC3(CCc4ccccc43)C2=O)c1Cl. The minimum atomic E-state index is -0.928. The quantitative estimate of drug-likeness (QED) is 0.854. The van der Waals surface area contributed by atoms with E-state index < -0.39 is 5.54 Å². The number of pyridine rings is 1. The molecule has 2 aliphatic rings. The highest BCUT2D eigenvalue weighted by molar-refractivity contribution is 6.32. The zero-order valence-electron chi connectivity index (χ0n) is 13.2. The van der Waals surface area contributed by atoms with Crippen LogP contribution in [0.25, 0.3) is 0 Å². The zero-order valence-corrected chi connectivity index (χ0v) is 13.9. The average Bonchev–Trinajstić information content (AvgIpc) is 3.06. The predicted octanol–water partition coefficient (Wildman–Crippen LogP) is 2.94. The molecule has 1 aliphatic carbocycles. The number of hydrogen-bond donors (Lipinski definition) is 1. The second kappa shape index (κ2) is 5.31. The Labute approximate surface area is 144 Å². The van der Waals surface area contributed by atoms with Gasteiger partial charge in [-0.05, 0) is 42.5 Å². The first-order valence-corrected chi connectivity index (χ1v) is 8.23. The maximum atomic E-state index is 13.1. The second-order valence-electron chi connectivity index (χ2n) is 6.25. The fourth-order valence-electron chi connectivity index (χ4n) is 3.63. The van der Waals surface area contributed by atoms with Crippen LogP contribution in [0, 0.1) is 6.92 Å². The molecule has 2 aromatic rings. The lowest BCUT2D eigenvalue weighted by atomic mass is 9.92. The summed E-state index contributed by atoms with van der Waals surface area (Å²) in [5, 5.41) is 3.41. The van der Waals surface area contributed by atoms with Gasteiger partial charge in [0.05, 0.1) is 17.3 Å². The molecule has 1 aromatic carbocycles. The molecule has 0 bridgehead atoms. The van der Waals surface area contributed by atoms with E-state index >= 15 is 0 Å². The normalized spacial score (nSPS) is 22.2. The Hall–Kier alpha value is -2.40. The van der Waals surface area contributed by atoms with Gasteiger partial charge in [0.1, 0.15) is 5.54 Å². The summed E-state index contributed by atoms with van der Waals surface area (Å²) in [5.41, 5.74) is 2.49. The van der Waals surface area contributed by atoms with E-state index in [1.165, 1.54) is 4.90 Å². The van der Waals surface area contributed by atoms with E-state index in [2.05, 4.69) is 10.3 Å². The number of carbonyl (C=O) groups excluding carboxylic acids is 2. The number of imide groups is 1. The number of carbonyl (C=O) groups is 2. The van der Waals surface area contributed by atoms with Gasteiger partial charge in [-0.2, -0.15) is 0 Å². The van der Waals surface area contributed by atoms with Crippen LogP contribution in [0.5, 0.6) is 0 Å². The minimum Gasteiger partial charge on any atom is -0.319 e. The predicted molar refractivity (Wildman–Crippen MR) is 89.5 cm³/mol. The van der Waals surface area contributed by atoms with E-state index in [-0.39, 0.29) is 18.5 Å². The van der Waals surface area contributed by atoms with Gasteiger partial charge in [-0.15, -0.1) is 0 Å². The van der Waals surface area contributed by atoms with Gasteiger partial charge in [0.25, 0.3) is 5.91 Å². The van der Waals surface area contributed by atoms with Crippen LogP contribution in [0.15, 0.2) is 36.5 Å². The van der Waals surface area contributed by atoms with Gasteiger partial charge in [-0.1, -0.05) is 35.9 Å². The minimum absolute atomic E-state index is 0.150. The molecule has 2 heterocycles.